The van der Waals surface area contributed by atoms with Crippen LogP contribution in [0.25, 0.3) is 0 Å². The molecule has 0 spiro atoms. The van der Waals surface area contributed by atoms with Gasteiger partial charge in [-0.1, -0.05) is 18.2 Å². The average Bonchev–Trinajstić information content (AvgIpc) is 2.44. The van der Waals surface area contributed by atoms with Crippen LogP contribution in [0.15, 0.2) is 24.3 Å². The smallest absolute Gasteiger partial charge is 0.286 e. The molecule has 0 radical (unpaired) electrons. The fourth-order valence-electron chi connectivity index (χ4n) is 2.96. The highest BCUT2D eigenvalue weighted by molar-refractivity contribution is 5.35. The maximum Gasteiger partial charge on any atom is 0.286 e. The zero-order chi connectivity index (χ0) is 19.0. The minimum atomic E-state index is -4.82. The molecule has 12 heteroatoms. The predicted molar refractivity (Wildman–Crippen MR) is 68.6 cm³/mol. The highest BCUT2D eigenvalue weighted by Crippen LogP contribution is 2.58. The minimum absolute atomic E-state index is 0.559. The summed E-state index contributed by atoms with van der Waals surface area (Å²) in [6.45, 7) is 0. The summed E-state index contributed by atoms with van der Waals surface area (Å²) in [6.07, 6.45) is 3.06. The van der Waals surface area contributed by atoms with Gasteiger partial charge in [-0.05, 0) is 6.08 Å². The van der Waals surface area contributed by atoms with E-state index >= 15 is 0 Å². The van der Waals surface area contributed by atoms with Crippen LogP contribution in [0.3, 0.4) is 0 Å². The Morgan fingerprint density at radius 2 is 0.875 bits per heavy atom. The second-order valence-corrected chi connectivity index (χ2v) is 5.99. The highest BCUT2D eigenvalue weighted by Gasteiger charge is 2.94. The topological polar surface area (TPSA) is 243 Å². The van der Waals surface area contributed by atoms with Crippen molar-refractivity contribution in [3.63, 3.8) is 0 Å². The van der Waals surface area contributed by atoms with Gasteiger partial charge in [0.25, 0.3) is 28.9 Å². The van der Waals surface area contributed by atoms with Gasteiger partial charge in [-0.3, -0.25) is 0 Å². The molecular formula is C12H18O12. The first kappa shape index (κ1) is 19.3. The molecule has 0 saturated heterocycles. The second-order valence-electron chi connectivity index (χ2n) is 5.99. The van der Waals surface area contributed by atoms with Gasteiger partial charge in [-0.2, -0.15) is 0 Å². The Balaban J connectivity index is 2.88. The first-order valence-electron chi connectivity index (χ1n) is 6.48. The van der Waals surface area contributed by atoms with Gasteiger partial charge in [0.2, 0.25) is 5.60 Å². The molecule has 1 saturated carbocycles. The minimum Gasteiger partial charge on any atom is -0.382 e. The zero-order valence-corrected chi connectivity index (χ0v) is 11.9. The van der Waals surface area contributed by atoms with Crippen molar-refractivity contribution in [3.05, 3.63) is 24.3 Å². The van der Waals surface area contributed by atoms with E-state index in [9.17, 15) is 61.3 Å². The van der Waals surface area contributed by atoms with Gasteiger partial charge < -0.3 is 61.3 Å². The van der Waals surface area contributed by atoms with E-state index in [-0.39, 0.29) is 0 Å². The fraction of sp³-hybridized carbons (Fsp3) is 0.667. The Bertz CT molecular complexity index is 571. The monoisotopic (exact) mass is 354 g/mol. The van der Waals surface area contributed by atoms with Crippen LogP contribution >= 0.6 is 0 Å². The molecular weight excluding hydrogens is 336 g/mol. The van der Waals surface area contributed by atoms with Gasteiger partial charge in [0.1, 0.15) is 5.60 Å². The number of hydrogen-bond acceptors (Lipinski definition) is 12. The molecule has 0 amide bonds. The van der Waals surface area contributed by atoms with E-state index < -0.39 is 46.6 Å². The first-order valence-corrected chi connectivity index (χ1v) is 6.48. The molecule has 1 atom stereocenters. The Kier molecular flexibility index (Phi) is 3.69. The lowest BCUT2D eigenvalue weighted by molar-refractivity contribution is -0.620. The van der Waals surface area contributed by atoms with Crippen molar-refractivity contribution in [2.24, 2.45) is 0 Å². The van der Waals surface area contributed by atoms with E-state index in [2.05, 4.69) is 0 Å². The Morgan fingerprint density at radius 1 is 0.500 bits per heavy atom. The van der Waals surface area contributed by atoms with Gasteiger partial charge >= 0.3 is 0 Å². The van der Waals surface area contributed by atoms with E-state index in [1.807, 2.05) is 0 Å². The van der Waals surface area contributed by atoms with Gasteiger partial charge in [-0.25, -0.2) is 0 Å². The van der Waals surface area contributed by atoms with Crippen molar-refractivity contribution in [2.45, 2.75) is 46.6 Å². The summed E-state index contributed by atoms with van der Waals surface area (Å²) < 4.78 is 0. The lowest BCUT2D eigenvalue weighted by Crippen LogP contribution is -2.98. The van der Waals surface area contributed by atoms with Crippen LogP contribution in [0.1, 0.15) is 6.42 Å². The molecule has 2 aliphatic rings. The third-order valence-corrected chi connectivity index (χ3v) is 4.63. The van der Waals surface area contributed by atoms with Crippen LogP contribution in [0.2, 0.25) is 0 Å². The van der Waals surface area contributed by atoms with Crippen molar-refractivity contribution in [3.8, 4) is 0 Å². The quantitative estimate of drug-likeness (QED) is 0.197. The standard InChI is InChI=1S/C12H18O12/c13-6(4-2-1-3-5-6)7(14)8(15,16)10(19,20)12(23,24)11(21,22)9(7,17)18/h1-4,13-24H,5H2. The van der Waals surface area contributed by atoms with Crippen molar-refractivity contribution in [2.75, 3.05) is 0 Å². The number of allylic oxidation sites excluding steroid dienone is 2. The molecule has 0 aromatic carbocycles. The average molecular weight is 354 g/mol. The summed E-state index contributed by atoms with van der Waals surface area (Å²) in [7, 11) is 0. The maximum atomic E-state index is 10.5. The van der Waals surface area contributed by atoms with E-state index in [1.165, 1.54) is 6.08 Å². The molecule has 1 unspecified atom stereocenters. The molecule has 0 heterocycles. The summed E-state index contributed by atoms with van der Waals surface area (Å²) in [6, 6.07) is 0. The molecule has 24 heavy (non-hydrogen) atoms. The van der Waals surface area contributed by atoms with E-state index in [0.29, 0.717) is 6.08 Å². The van der Waals surface area contributed by atoms with E-state index in [4.69, 9.17) is 0 Å². The van der Waals surface area contributed by atoms with Gasteiger partial charge in [0.05, 0.1) is 0 Å². The molecule has 0 aromatic heterocycles. The lowest BCUT2D eigenvalue weighted by atomic mass is 9.56. The van der Waals surface area contributed by atoms with Gasteiger partial charge in [0, 0.05) is 6.42 Å². The molecule has 138 valence electrons. The molecule has 0 bridgehead atoms. The summed E-state index contributed by atoms with van der Waals surface area (Å²) in [4.78, 5) is 0. The van der Waals surface area contributed by atoms with Crippen molar-refractivity contribution < 1.29 is 61.3 Å². The van der Waals surface area contributed by atoms with Crippen LogP contribution in [0.4, 0.5) is 0 Å². The Hall–Kier alpha value is -1.000. The number of aliphatic hydroxyl groups is 12. The summed E-state index contributed by atoms with van der Waals surface area (Å²) in [5.41, 5.74) is -7.52. The van der Waals surface area contributed by atoms with Gasteiger partial charge in [0.15, 0.2) is 0 Å². The van der Waals surface area contributed by atoms with Gasteiger partial charge in [-0.15, -0.1) is 0 Å². The lowest BCUT2D eigenvalue weighted by Gasteiger charge is -2.65. The Labute approximate surface area is 133 Å². The normalized spacial score (nSPS) is 37.2. The predicted octanol–water partition coefficient (Wildman–Crippen LogP) is -6.62. The summed E-state index contributed by atoms with van der Waals surface area (Å²) in [5.74, 6) is -23.8. The van der Waals surface area contributed by atoms with Crippen LogP contribution in [0, 0.1) is 0 Å². The molecule has 2 rings (SSSR count). The van der Waals surface area contributed by atoms with Crippen LogP contribution in [-0.2, 0) is 0 Å². The fourth-order valence-corrected chi connectivity index (χ4v) is 2.96. The first-order chi connectivity index (χ1) is 10.5. The zero-order valence-electron chi connectivity index (χ0n) is 11.9. The van der Waals surface area contributed by atoms with E-state index in [0.717, 1.165) is 12.2 Å². The molecule has 12 N–H and O–H groups in total. The van der Waals surface area contributed by atoms with Crippen LogP contribution in [0.5, 0.6) is 0 Å². The number of rotatable bonds is 1. The molecule has 12 nitrogen and oxygen atoms in total. The van der Waals surface area contributed by atoms with Crippen LogP contribution in [-0.4, -0.2) is 101 Å². The molecule has 0 aliphatic heterocycles. The summed E-state index contributed by atoms with van der Waals surface area (Å²) >= 11 is 0. The van der Waals surface area contributed by atoms with Crippen molar-refractivity contribution in [1.82, 2.24) is 0 Å². The third-order valence-electron chi connectivity index (χ3n) is 4.63. The van der Waals surface area contributed by atoms with Crippen LogP contribution < -0.4 is 0 Å². The second kappa shape index (κ2) is 4.59. The molecule has 0 aromatic rings. The highest BCUT2D eigenvalue weighted by atomic mass is 16.7. The SMILES string of the molecule is OC1(C2(O)C(O)(O)C(O)(O)C(O)(O)C(O)(O)C2(O)O)C=CC=CC1. The Morgan fingerprint density at radius 3 is 1.21 bits per heavy atom. The maximum absolute atomic E-state index is 10.5. The number of hydrogen-bond donors (Lipinski definition) is 12. The van der Waals surface area contributed by atoms with E-state index in [1.54, 1.807) is 0 Å². The van der Waals surface area contributed by atoms with Crippen molar-refractivity contribution >= 4 is 0 Å². The molecule has 1 fully saturated rings. The largest absolute Gasteiger partial charge is 0.382 e. The summed E-state index contributed by atoms with van der Waals surface area (Å²) in [5, 5.41) is 119. The molecule has 2 aliphatic carbocycles. The third kappa shape index (κ3) is 1.62. The van der Waals surface area contributed by atoms with Crippen molar-refractivity contribution in [1.29, 1.82) is 0 Å².